The second-order valence-corrected chi connectivity index (χ2v) is 8.63. The van der Waals surface area contributed by atoms with Crippen LogP contribution in [0.3, 0.4) is 0 Å². The second kappa shape index (κ2) is 9.71. The number of rotatable bonds is 9. The average molecular weight is 456 g/mol. The minimum Gasteiger partial charge on any atom is -0.493 e. The molecule has 34 heavy (non-hydrogen) atoms. The molecule has 6 nitrogen and oxygen atoms in total. The van der Waals surface area contributed by atoms with Crippen LogP contribution in [0.2, 0.25) is 0 Å². The zero-order valence-corrected chi connectivity index (χ0v) is 19.3. The Bertz CT molecular complexity index is 1410. The summed E-state index contributed by atoms with van der Waals surface area (Å²) in [7, 11) is 0. The minimum absolute atomic E-state index is 0.0381. The molecule has 6 heteroatoms. The summed E-state index contributed by atoms with van der Waals surface area (Å²) in [6.45, 7) is 3.08. The van der Waals surface area contributed by atoms with Crippen LogP contribution in [0.1, 0.15) is 47.1 Å². The lowest BCUT2D eigenvalue weighted by Crippen LogP contribution is -2.12. The first-order chi connectivity index (χ1) is 16.6. The Labute approximate surface area is 198 Å². The van der Waals surface area contributed by atoms with Crippen molar-refractivity contribution in [1.29, 1.82) is 0 Å². The summed E-state index contributed by atoms with van der Waals surface area (Å²) in [5.41, 5.74) is 17.0. The van der Waals surface area contributed by atoms with Crippen LogP contribution in [-0.4, -0.2) is 11.6 Å². The van der Waals surface area contributed by atoms with Crippen LogP contribution < -0.4 is 16.2 Å². The largest absolute Gasteiger partial charge is 0.493 e. The Hall–Kier alpha value is -3.61. The highest BCUT2D eigenvalue weighted by Gasteiger charge is 2.16. The lowest BCUT2D eigenvalue weighted by atomic mass is 10.0. The zero-order valence-electron chi connectivity index (χ0n) is 19.3. The van der Waals surface area contributed by atoms with Crippen LogP contribution in [0.4, 0.5) is 0 Å². The highest BCUT2D eigenvalue weighted by atomic mass is 16.5. The van der Waals surface area contributed by atoms with E-state index >= 15 is 0 Å². The molecule has 0 spiro atoms. The highest BCUT2D eigenvalue weighted by molar-refractivity contribution is 5.88. The van der Waals surface area contributed by atoms with E-state index in [2.05, 4.69) is 24.0 Å². The maximum Gasteiger partial charge on any atom is 0.138 e. The van der Waals surface area contributed by atoms with Crippen molar-refractivity contribution in [3.63, 3.8) is 0 Å². The molecule has 3 aromatic heterocycles. The molecule has 0 aliphatic carbocycles. The van der Waals surface area contributed by atoms with Gasteiger partial charge in [0.1, 0.15) is 28.4 Å². The maximum atomic E-state index is 6.29. The van der Waals surface area contributed by atoms with Crippen molar-refractivity contribution in [3.05, 3.63) is 95.2 Å². The molecule has 5 rings (SSSR count). The number of aromatic nitrogens is 1. The number of aryl methyl sites for hydroxylation is 1. The summed E-state index contributed by atoms with van der Waals surface area (Å²) in [6, 6.07) is 18.0. The van der Waals surface area contributed by atoms with Crippen molar-refractivity contribution in [2.75, 3.05) is 6.61 Å². The Kier molecular flexibility index (Phi) is 6.34. The van der Waals surface area contributed by atoms with E-state index in [-0.39, 0.29) is 6.04 Å². The molecule has 5 aromatic rings. The SMILES string of the molecule is Cc1c(Cc2ccc3oc(CN)cc3c2)oc2cccc(OCCCC(N)c3cccnc3)c12. The fraction of sp³-hybridized carbons (Fsp3) is 0.250. The molecule has 4 N–H and O–H groups in total. The molecule has 0 amide bonds. The molecule has 0 bridgehead atoms. The Morgan fingerprint density at radius 1 is 1.03 bits per heavy atom. The van der Waals surface area contributed by atoms with Gasteiger partial charge in [0.15, 0.2) is 0 Å². The Balaban J connectivity index is 1.29. The standard InChI is InChI=1S/C28H29N3O3/c1-18-27(14-19-9-10-24-21(13-19)15-22(16-29)33-24)34-26-8-2-7-25(28(18)26)32-12-4-6-23(30)20-5-3-11-31-17-20/h2-3,5,7-11,13,15,17,23H,4,6,12,14,16,29-30H2,1H3. The van der Waals surface area contributed by atoms with Gasteiger partial charge in [-0.3, -0.25) is 4.98 Å². The van der Waals surface area contributed by atoms with Gasteiger partial charge in [-0.15, -0.1) is 0 Å². The van der Waals surface area contributed by atoms with Crippen molar-refractivity contribution in [1.82, 2.24) is 4.98 Å². The number of nitrogens with two attached hydrogens (primary N) is 2. The van der Waals surface area contributed by atoms with Gasteiger partial charge in [0.2, 0.25) is 0 Å². The summed E-state index contributed by atoms with van der Waals surface area (Å²) < 4.78 is 18.1. The van der Waals surface area contributed by atoms with Gasteiger partial charge in [-0.2, -0.15) is 0 Å². The summed E-state index contributed by atoms with van der Waals surface area (Å²) in [6.07, 6.45) is 5.96. The molecule has 1 unspecified atom stereocenters. The van der Waals surface area contributed by atoms with Crippen molar-refractivity contribution in [3.8, 4) is 5.75 Å². The predicted molar refractivity (Wildman–Crippen MR) is 134 cm³/mol. The Morgan fingerprint density at radius 3 is 2.76 bits per heavy atom. The third-order valence-corrected chi connectivity index (χ3v) is 6.24. The van der Waals surface area contributed by atoms with Crippen LogP contribution in [0.15, 0.2) is 75.8 Å². The monoisotopic (exact) mass is 455 g/mol. The second-order valence-electron chi connectivity index (χ2n) is 8.63. The number of pyridine rings is 1. The first kappa shape index (κ1) is 22.2. The van der Waals surface area contributed by atoms with Gasteiger partial charge in [0, 0.05) is 35.8 Å². The zero-order chi connectivity index (χ0) is 23.5. The third-order valence-electron chi connectivity index (χ3n) is 6.24. The van der Waals surface area contributed by atoms with E-state index in [1.807, 2.05) is 48.7 Å². The van der Waals surface area contributed by atoms with Gasteiger partial charge >= 0.3 is 0 Å². The molecule has 174 valence electrons. The third kappa shape index (κ3) is 4.55. The van der Waals surface area contributed by atoms with Gasteiger partial charge in [-0.1, -0.05) is 18.2 Å². The number of hydrogen-bond acceptors (Lipinski definition) is 6. The normalized spacial score (nSPS) is 12.4. The molecular formula is C28H29N3O3. The van der Waals surface area contributed by atoms with Crippen LogP contribution in [0, 0.1) is 6.92 Å². The van der Waals surface area contributed by atoms with E-state index in [0.29, 0.717) is 19.6 Å². The molecule has 2 aromatic carbocycles. The fourth-order valence-corrected chi connectivity index (χ4v) is 4.39. The number of hydrogen-bond donors (Lipinski definition) is 2. The van der Waals surface area contributed by atoms with Gasteiger partial charge < -0.3 is 25.0 Å². The number of nitrogens with zero attached hydrogens (tertiary/aromatic N) is 1. The van der Waals surface area contributed by atoms with E-state index in [0.717, 1.165) is 68.7 Å². The highest BCUT2D eigenvalue weighted by Crippen LogP contribution is 2.35. The van der Waals surface area contributed by atoms with Crippen molar-refractivity contribution in [2.45, 2.75) is 38.8 Å². The summed E-state index contributed by atoms with van der Waals surface area (Å²) in [4.78, 5) is 4.15. The van der Waals surface area contributed by atoms with Crippen LogP contribution in [-0.2, 0) is 13.0 Å². The average Bonchev–Trinajstić information content (AvgIpc) is 3.42. The molecule has 0 saturated heterocycles. The molecule has 0 aliphatic rings. The van der Waals surface area contributed by atoms with E-state index in [1.165, 1.54) is 0 Å². The molecule has 0 radical (unpaired) electrons. The topological polar surface area (TPSA) is 100 Å². The smallest absolute Gasteiger partial charge is 0.138 e. The quantitative estimate of drug-likeness (QED) is 0.273. The van der Waals surface area contributed by atoms with Crippen LogP contribution in [0.5, 0.6) is 5.75 Å². The Morgan fingerprint density at radius 2 is 1.94 bits per heavy atom. The fourth-order valence-electron chi connectivity index (χ4n) is 4.39. The number of benzene rings is 2. The minimum atomic E-state index is -0.0381. The van der Waals surface area contributed by atoms with Crippen molar-refractivity contribution in [2.24, 2.45) is 11.5 Å². The van der Waals surface area contributed by atoms with Gasteiger partial charge in [-0.05, 0) is 67.3 Å². The van der Waals surface area contributed by atoms with Crippen LogP contribution in [0.25, 0.3) is 21.9 Å². The number of ether oxygens (including phenoxy) is 1. The van der Waals surface area contributed by atoms with Crippen molar-refractivity contribution >= 4 is 21.9 Å². The van der Waals surface area contributed by atoms with Gasteiger partial charge in [-0.25, -0.2) is 0 Å². The van der Waals surface area contributed by atoms with E-state index in [9.17, 15) is 0 Å². The number of fused-ring (bicyclic) bond motifs is 2. The van der Waals surface area contributed by atoms with Crippen molar-refractivity contribution < 1.29 is 13.6 Å². The summed E-state index contributed by atoms with van der Waals surface area (Å²) in [5.74, 6) is 2.57. The summed E-state index contributed by atoms with van der Waals surface area (Å²) >= 11 is 0. The summed E-state index contributed by atoms with van der Waals surface area (Å²) in [5, 5.41) is 2.09. The first-order valence-electron chi connectivity index (χ1n) is 11.6. The lowest BCUT2D eigenvalue weighted by molar-refractivity contribution is 0.305. The first-order valence-corrected chi connectivity index (χ1v) is 11.6. The van der Waals surface area contributed by atoms with E-state index in [4.69, 9.17) is 25.0 Å². The molecule has 0 saturated carbocycles. The van der Waals surface area contributed by atoms with E-state index < -0.39 is 0 Å². The molecular weight excluding hydrogens is 426 g/mol. The molecule has 0 fully saturated rings. The number of furan rings is 2. The van der Waals surface area contributed by atoms with Gasteiger partial charge in [0.25, 0.3) is 0 Å². The predicted octanol–water partition coefficient (Wildman–Crippen LogP) is 5.79. The van der Waals surface area contributed by atoms with Gasteiger partial charge in [0.05, 0.1) is 18.5 Å². The molecule has 3 heterocycles. The lowest BCUT2D eigenvalue weighted by Gasteiger charge is -2.12. The maximum absolute atomic E-state index is 6.29. The molecule has 1 atom stereocenters. The van der Waals surface area contributed by atoms with E-state index in [1.54, 1.807) is 6.20 Å². The molecule has 0 aliphatic heterocycles. The van der Waals surface area contributed by atoms with Crippen LogP contribution >= 0.6 is 0 Å².